The van der Waals surface area contributed by atoms with Crippen molar-refractivity contribution in [3.05, 3.63) is 30.1 Å². The molecule has 0 bridgehead atoms. The molecule has 98 valence electrons. The van der Waals surface area contributed by atoms with E-state index in [0.29, 0.717) is 6.04 Å². The number of nitrogens with one attached hydrogen (secondary N) is 1. The van der Waals surface area contributed by atoms with Gasteiger partial charge in [-0.3, -0.25) is 9.98 Å². The predicted octanol–water partition coefficient (Wildman–Crippen LogP) is 2.73. The second-order valence-corrected chi connectivity index (χ2v) is 6.05. The lowest BCUT2D eigenvalue weighted by Gasteiger charge is -2.11. The van der Waals surface area contributed by atoms with Crippen molar-refractivity contribution in [1.82, 2.24) is 10.3 Å². The van der Waals surface area contributed by atoms with Crippen LogP contribution in [0.15, 0.2) is 29.4 Å². The number of thioether (sulfide) groups is 1. The van der Waals surface area contributed by atoms with E-state index < -0.39 is 0 Å². The molecule has 3 nitrogen and oxygen atoms in total. The summed E-state index contributed by atoms with van der Waals surface area (Å²) in [5.74, 6) is 1.90. The predicted molar refractivity (Wildman–Crippen MR) is 79.1 cm³/mol. The number of nitrogens with zero attached hydrogens (tertiary/aromatic N) is 2. The van der Waals surface area contributed by atoms with Crippen LogP contribution in [0.2, 0.25) is 0 Å². The maximum absolute atomic E-state index is 4.60. The van der Waals surface area contributed by atoms with Crippen molar-refractivity contribution in [1.29, 1.82) is 0 Å². The molecule has 1 aliphatic rings. The minimum absolute atomic E-state index is 0.601. The SMILES string of the molecule is CC(C)CC1CSC(=NCCc2ccccn2)N1. The van der Waals surface area contributed by atoms with Gasteiger partial charge in [0.25, 0.3) is 0 Å². The standard InChI is InChI=1S/C14H21N3S/c1-11(2)9-13-10-18-14(17-13)16-8-6-12-5-3-4-7-15-12/h3-5,7,11,13H,6,8-10H2,1-2H3,(H,16,17). The minimum Gasteiger partial charge on any atom is -0.361 e. The van der Waals surface area contributed by atoms with E-state index in [2.05, 4.69) is 35.2 Å². The third-order valence-electron chi connectivity index (χ3n) is 2.85. The Morgan fingerprint density at radius 3 is 3.11 bits per heavy atom. The Morgan fingerprint density at radius 1 is 1.50 bits per heavy atom. The lowest BCUT2D eigenvalue weighted by atomic mass is 10.1. The zero-order chi connectivity index (χ0) is 12.8. The molecule has 0 radical (unpaired) electrons. The van der Waals surface area contributed by atoms with Crippen LogP contribution >= 0.6 is 11.8 Å². The van der Waals surface area contributed by atoms with Crippen molar-refractivity contribution in [3.63, 3.8) is 0 Å². The van der Waals surface area contributed by atoms with E-state index in [4.69, 9.17) is 0 Å². The zero-order valence-electron chi connectivity index (χ0n) is 11.1. The Kier molecular flexibility index (Phi) is 5.05. The van der Waals surface area contributed by atoms with Crippen molar-refractivity contribution in [3.8, 4) is 0 Å². The monoisotopic (exact) mass is 263 g/mol. The average Bonchev–Trinajstić information content (AvgIpc) is 2.77. The lowest BCUT2D eigenvalue weighted by Crippen LogP contribution is -2.28. The first-order valence-corrected chi connectivity index (χ1v) is 7.56. The zero-order valence-corrected chi connectivity index (χ0v) is 11.9. The molecule has 0 spiro atoms. The Bertz CT molecular complexity index is 389. The van der Waals surface area contributed by atoms with Gasteiger partial charge in [-0.05, 0) is 24.5 Å². The van der Waals surface area contributed by atoms with Gasteiger partial charge in [-0.2, -0.15) is 0 Å². The van der Waals surface area contributed by atoms with Crippen molar-refractivity contribution >= 4 is 16.9 Å². The van der Waals surface area contributed by atoms with Gasteiger partial charge < -0.3 is 5.32 Å². The molecule has 4 heteroatoms. The fourth-order valence-electron chi connectivity index (χ4n) is 2.04. The Labute approximate surface area is 113 Å². The smallest absolute Gasteiger partial charge is 0.156 e. The quantitative estimate of drug-likeness (QED) is 0.887. The van der Waals surface area contributed by atoms with Gasteiger partial charge in [-0.15, -0.1) is 0 Å². The van der Waals surface area contributed by atoms with Crippen molar-refractivity contribution in [2.45, 2.75) is 32.7 Å². The Morgan fingerprint density at radius 2 is 2.39 bits per heavy atom. The van der Waals surface area contributed by atoms with Crippen molar-refractivity contribution in [2.24, 2.45) is 10.9 Å². The first-order valence-electron chi connectivity index (χ1n) is 6.57. The topological polar surface area (TPSA) is 37.3 Å². The highest BCUT2D eigenvalue weighted by Crippen LogP contribution is 2.18. The summed E-state index contributed by atoms with van der Waals surface area (Å²) in [7, 11) is 0. The van der Waals surface area contributed by atoms with Crippen LogP contribution < -0.4 is 5.32 Å². The van der Waals surface area contributed by atoms with Gasteiger partial charge in [-0.1, -0.05) is 31.7 Å². The average molecular weight is 263 g/mol. The first-order chi connectivity index (χ1) is 8.74. The molecule has 1 aromatic rings. The summed E-state index contributed by atoms with van der Waals surface area (Å²) in [4.78, 5) is 8.91. The van der Waals surface area contributed by atoms with E-state index in [-0.39, 0.29) is 0 Å². The fraction of sp³-hybridized carbons (Fsp3) is 0.571. The fourth-order valence-corrected chi connectivity index (χ4v) is 3.05. The van der Waals surface area contributed by atoms with Crippen LogP contribution in [0, 0.1) is 5.92 Å². The molecule has 0 saturated carbocycles. The second kappa shape index (κ2) is 6.78. The van der Waals surface area contributed by atoms with E-state index in [1.807, 2.05) is 30.1 Å². The molecule has 1 fully saturated rings. The Balaban J connectivity index is 1.74. The third kappa shape index (κ3) is 4.33. The van der Waals surface area contributed by atoms with Gasteiger partial charge in [0.2, 0.25) is 0 Å². The van der Waals surface area contributed by atoms with Gasteiger partial charge in [-0.25, -0.2) is 0 Å². The molecule has 0 aromatic carbocycles. The molecule has 1 unspecified atom stereocenters. The normalized spacial score (nSPS) is 21.5. The maximum atomic E-state index is 4.60. The summed E-state index contributed by atoms with van der Waals surface area (Å²) >= 11 is 1.85. The van der Waals surface area contributed by atoms with E-state index >= 15 is 0 Å². The molecular formula is C14H21N3S. The molecule has 18 heavy (non-hydrogen) atoms. The molecule has 1 saturated heterocycles. The molecule has 1 atom stereocenters. The summed E-state index contributed by atoms with van der Waals surface area (Å²) < 4.78 is 0. The van der Waals surface area contributed by atoms with E-state index in [0.717, 1.165) is 35.5 Å². The summed E-state index contributed by atoms with van der Waals surface area (Å²) in [6.07, 6.45) is 3.98. The van der Waals surface area contributed by atoms with E-state index in [1.165, 1.54) is 6.42 Å². The number of rotatable bonds is 5. The van der Waals surface area contributed by atoms with Crippen molar-refractivity contribution < 1.29 is 0 Å². The maximum Gasteiger partial charge on any atom is 0.156 e. The molecule has 2 heterocycles. The van der Waals surface area contributed by atoms with Crippen LogP contribution in [-0.2, 0) is 6.42 Å². The minimum atomic E-state index is 0.601. The van der Waals surface area contributed by atoms with Gasteiger partial charge in [0.1, 0.15) is 0 Å². The van der Waals surface area contributed by atoms with Crippen LogP contribution in [0.5, 0.6) is 0 Å². The lowest BCUT2D eigenvalue weighted by molar-refractivity contribution is 0.502. The van der Waals surface area contributed by atoms with E-state index in [1.54, 1.807) is 0 Å². The summed E-state index contributed by atoms with van der Waals surface area (Å²) in [5.41, 5.74) is 1.11. The van der Waals surface area contributed by atoms with Crippen LogP contribution in [0.4, 0.5) is 0 Å². The van der Waals surface area contributed by atoms with Gasteiger partial charge >= 0.3 is 0 Å². The van der Waals surface area contributed by atoms with Crippen LogP contribution in [-0.4, -0.2) is 28.5 Å². The number of aromatic nitrogens is 1. The molecule has 0 amide bonds. The van der Waals surface area contributed by atoms with Crippen LogP contribution in [0.3, 0.4) is 0 Å². The molecule has 0 aliphatic carbocycles. The largest absolute Gasteiger partial charge is 0.361 e. The summed E-state index contributed by atoms with van der Waals surface area (Å²) in [5, 5.41) is 4.61. The van der Waals surface area contributed by atoms with Gasteiger partial charge in [0.05, 0.1) is 0 Å². The van der Waals surface area contributed by atoms with Crippen LogP contribution in [0.25, 0.3) is 0 Å². The van der Waals surface area contributed by atoms with E-state index in [9.17, 15) is 0 Å². The highest BCUT2D eigenvalue weighted by Gasteiger charge is 2.20. The molecule has 1 aliphatic heterocycles. The highest BCUT2D eigenvalue weighted by molar-refractivity contribution is 8.14. The Hall–Kier alpha value is -1.03. The molecule has 1 aromatic heterocycles. The number of hydrogen-bond acceptors (Lipinski definition) is 3. The highest BCUT2D eigenvalue weighted by atomic mass is 32.2. The molecular weight excluding hydrogens is 242 g/mol. The number of amidine groups is 1. The summed E-state index contributed by atoms with van der Waals surface area (Å²) in [6, 6.07) is 6.62. The van der Waals surface area contributed by atoms with Gasteiger partial charge in [0.15, 0.2) is 5.17 Å². The molecule has 1 N–H and O–H groups in total. The summed E-state index contributed by atoms with van der Waals surface area (Å²) in [6.45, 7) is 5.35. The third-order valence-corrected chi connectivity index (χ3v) is 3.94. The van der Waals surface area contributed by atoms with Crippen molar-refractivity contribution in [2.75, 3.05) is 12.3 Å². The second-order valence-electron chi connectivity index (χ2n) is 5.04. The first kappa shape index (κ1) is 13.4. The van der Waals surface area contributed by atoms with Crippen LogP contribution in [0.1, 0.15) is 26.0 Å². The number of aliphatic imine (C=N–C) groups is 1. The molecule has 2 rings (SSSR count). The number of hydrogen-bond donors (Lipinski definition) is 1. The number of pyridine rings is 1. The van der Waals surface area contributed by atoms with Gasteiger partial charge in [0, 0.05) is 36.7 Å².